The van der Waals surface area contributed by atoms with Crippen LogP contribution >= 0.6 is 0 Å². The van der Waals surface area contributed by atoms with E-state index in [-0.39, 0.29) is 0 Å². The molecular formula is C25H28N8O. The number of aryl methyl sites for hydroxylation is 2. The van der Waals surface area contributed by atoms with E-state index in [0.717, 1.165) is 52.2 Å². The molecule has 0 radical (unpaired) electrons. The summed E-state index contributed by atoms with van der Waals surface area (Å²) in [4.78, 5) is 11.9. The molecule has 2 aromatic heterocycles. The highest BCUT2D eigenvalue weighted by Gasteiger charge is 2.17. The van der Waals surface area contributed by atoms with Crippen molar-refractivity contribution < 1.29 is 4.74 Å². The average molecular weight is 457 g/mol. The van der Waals surface area contributed by atoms with E-state index in [0.29, 0.717) is 30.7 Å². The third kappa shape index (κ3) is 4.25. The molecule has 1 fully saturated rings. The van der Waals surface area contributed by atoms with Crippen LogP contribution in [0.2, 0.25) is 0 Å². The van der Waals surface area contributed by atoms with Crippen LogP contribution in [-0.4, -0.2) is 46.1 Å². The number of ether oxygens (including phenoxy) is 1. The van der Waals surface area contributed by atoms with Gasteiger partial charge in [-0.3, -0.25) is 4.68 Å². The Labute approximate surface area is 198 Å². The summed E-state index contributed by atoms with van der Waals surface area (Å²) in [6.45, 7) is 4.85. The monoisotopic (exact) mass is 456 g/mol. The first-order valence-electron chi connectivity index (χ1n) is 11.2. The molecule has 3 heterocycles. The van der Waals surface area contributed by atoms with Gasteiger partial charge in [0.15, 0.2) is 0 Å². The van der Waals surface area contributed by atoms with Gasteiger partial charge < -0.3 is 26.4 Å². The minimum atomic E-state index is 0.534. The topological polar surface area (TPSA) is 120 Å². The van der Waals surface area contributed by atoms with Crippen molar-refractivity contribution in [2.45, 2.75) is 6.92 Å². The second-order valence-electron chi connectivity index (χ2n) is 8.30. The van der Waals surface area contributed by atoms with E-state index >= 15 is 0 Å². The standard InChI is InChI=1S/C25H28N8O/c1-16-20-8-5-18(13-23(20)32(2)31-16)22-14-24(30-25(29-22)33-9-11-34-12-10-33)28-19-6-3-17(4-7-19)21(27)15-26/h3-8,13-15H,9-12,26-27H2,1-2H3,(H,28,29,30)/b21-15-. The van der Waals surface area contributed by atoms with Crippen LogP contribution in [0.15, 0.2) is 54.7 Å². The average Bonchev–Trinajstić information content (AvgIpc) is 3.17. The molecule has 174 valence electrons. The maximum absolute atomic E-state index is 5.91. The highest BCUT2D eigenvalue weighted by Crippen LogP contribution is 2.29. The van der Waals surface area contributed by atoms with E-state index in [1.54, 1.807) is 0 Å². The molecule has 0 spiro atoms. The lowest BCUT2D eigenvalue weighted by Gasteiger charge is -2.27. The normalized spacial score (nSPS) is 14.5. The number of aromatic nitrogens is 4. The number of hydrogen-bond donors (Lipinski definition) is 3. The molecule has 5 N–H and O–H groups in total. The van der Waals surface area contributed by atoms with Crippen LogP contribution in [-0.2, 0) is 11.8 Å². The number of hydrogen-bond acceptors (Lipinski definition) is 8. The van der Waals surface area contributed by atoms with Gasteiger partial charge >= 0.3 is 0 Å². The Hall–Kier alpha value is -4.11. The Kier molecular flexibility index (Phi) is 5.77. The Bertz CT molecular complexity index is 1350. The molecule has 0 saturated carbocycles. The van der Waals surface area contributed by atoms with Crippen molar-refractivity contribution in [3.05, 3.63) is 66.0 Å². The molecule has 9 nitrogen and oxygen atoms in total. The van der Waals surface area contributed by atoms with Gasteiger partial charge in [0.05, 0.1) is 35.8 Å². The van der Waals surface area contributed by atoms with Crippen molar-refractivity contribution in [3.63, 3.8) is 0 Å². The first-order valence-corrected chi connectivity index (χ1v) is 11.2. The molecule has 0 amide bonds. The lowest BCUT2D eigenvalue weighted by atomic mass is 10.1. The number of anilines is 3. The fourth-order valence-electron chi connectivity index (χ4n) is 4.14. The van der Waals surface area contributed by atoms with Gasteiger partial charge in [0, 0.05) is 49.0 Å². The fraction of sp³-hybridized carbons (Fsp3) is 0.240. The minimum absolute atomic E-state index is 0.534. The van der Waals surface area contributed by atoms with E-state index in [2.05, 4.69) is 33.5 Å². The quantitative estimate of drug-likeness (QED) is 0.419. The van der Waals surface area contributed by atoms with Gasteiger partial charge in [-0.15, -0.1) is 0 Å². The lowest BCUT2D eigenvalue weighted by Crippen LogP contribution is -2.37. The molecule has 0 aliphatic carbocycles. The van der Waals surface area contributed by atoms with Crippen molar-refractivity contribution >= 4 is 34.1 Å². The summed E-state index contributed by atoms with van der Waals surface area (Å²) < 4.78 is 7.42. The number of rotatable bonds is 5. The number of nitrogens with zero attached hydrogens (tertiary/aromatic N) is 5. The maximum atomic E-state index is 5.91. The number of fused-ring (bicyclic) bond motifs is 1. The molecule has 4 aromatic rings. The molecule has 5 rings (SSSR count). The summed E-state index contributed by atoms with van der Waals surface area (Å²) >= 11 is 0. The van der Waals surface area contributed by atoms with Crippen LogP contribution in [0.25, 0.3) is 27.9 Å². The lowest BCUT2D eigenvalue weighted by molar-refractivity contribution is 0.122. The maximum Gasteiger partial charge on any atom is 0.228 e. The van der Waals surface area contributed by atoms with Crippen molar-refractivity contribution in [1.82, 2.24) is 19.7 Å². The second kappa shape index (κ2) is 9.03. The van der Waals surface area contributed by atoms with Gasteiger partial charge in [-0.2, -0.15) is 10.1 Å². The number of benzene rings is 2. The van der Waals surface area contributed by atoms with Gasteiger partial charge in [-0.25, -0.2) is 4.98 Å². The Balaban J connectivity index is 1.54. The zero-order valence-electron chi connectivity index (χ0n) is 19.3. The second-order valence-corrected chi connectivity index (χ2v) is 8.30. The summed E-state index contributed by atoms with van der Waals surface area (Å²) in [5, 5.41) is 9.09. The van der Waals surface area contributed by atoms with Crippen molar-refractivity contribution in [2.75, 3.05) is 36.5 Å². The van der Waals surface area contributed by atoms with E-state index in [9.17, 15) is 0 Å². The summed E-state index contributed by atoms with van der Waals surface area (Å²) in [6, 6.07) is 16.0. The predicted octanol–water partition coefficient (Wildman–Crippen LogP) is 3.13. The van der Waals surface area contributed by atoms with Crippen LogP contribution in [0.4, 0.5) is 17.5 Å². The molecule has 34 heavy (non-hydrogen) atoms. The SMILES string of the molecule is Cc1nn(C)c2cc(-c3cc(Nc4ccc(/C(N)=C/N)cc4)nc(N4CCOCC4)n3)ccc12. The first-order chi connectivity index (χ1) is 16.5. The highest BCUT2D eigenvalue weighted by molar-refractivity contribution is 5.86. The van der Waals surface area contributed by atoms with Gasteiger partial charge in [-0.05, 0) is 30.7 Å². The molecule has 1 aliphatic rings. The van der Waals surface area contributed by atoms with E-state index < -0.39 is 0 Å². The summed E-state index contributed by atoms with van der Waals surface area (Å²) in [5.74, 6) is 1.39. The molecule has 1 saturated heterocycles. The Morgan fingerprint density at radius 2 is 1.82 bits per heavy atom. The number of nitrogens with one attached hydrogen (secondary N) is 1. The Morgan fingerprint density at radius 1 is 1.06 bits per heavy atom. The van der Waals surface area contributed by atoms with Crippen LogP contribution in [0.5, 0.6) is 0 Å². The van der Waals surface area contributed by atoms with Gasteiger partial charge in [0.1, 0.15) is 5.82 Å². The summed E-state index contributed by atoms with van der Waals surface area (Å²) in [5.41, 5.74) is 17.7. The van der Waals surface area contributed by atoms with Crippen molar-refractivity contribution in [3.8, 4) is 11.3 Å². The van der Waals surface area contributed by atoms with Crippen molar-refractivity contribution in [2.24, 2.45) is 18.5 Å². The van der Waals surface area contributed by atoms with Gasteiger partial charge in [-0.1, -0.05) is 24.3 Å². The summed E-state index contributed by atoms with van der Waals surface area (Å²) in [6.07, 6.45) is 1.40. The van der Waals surface area contributed by atoms with Crippen LogP contribution in [0.1, 0.15) is 11.3 Å². The first kappa shape index (κ1) is 21.7. The molecule has 0 unspecified atom stereocenters. The smallest absolute Gasteiger partial charge is 0.228 e. The molecule has 0 atom stereocenters. The van der Waals surface area contributed by atoms with E-state index in [1.807, 2.05) is 49.0 Å². The third-order valence-electron chi connectivity index (χ3n) is 6.01. The summed E-state index contributed by atoms with van der Waals surface area (Å²) in [7, 11) is 1.96. The highest BCUT2D eigenvalue weighted by atomic mass is 16.5. The fourth-order valence-corrected chi connectivity index (χ4v) is 4.14. The zero-order chi connectivity index (χ0) is 23.7. The molecule has 0 bridgehead atoms. The Morgan fingerprint density at radius 3 is 2.56 bits per heavy atom. The molecular weight excluding hydrogens is 428 g/mol. The van der Waals surface area contributed by atoms with E-state index in [4.69, 9.17) is 26.2 Å². The molecule has 1 aliphatic heterocycles. The van der Waals surface area contributed by atoms with Crippen LogP contribution in [0.3, 0.4) is 0 Å². The van der Waals surface area contributed by atoms with Crippen molar-refractivity contribution in [1.29, 1.82) is 0 Å². The largest absolute Gasteiger partial charge is 0.403 e. The predicted molar refractivity (Wildman–Crippen MR) is 136 cm³/mol. The van der Waals surface area contributed by atoms with E-state index in [1.165, 1.54) is 6.20 Å². The molecule has 9 heteroatoms. The number of nitrogens with two attached hydrogens (primary N) is 2. The third-order valence-corrected chi connectivity index (χ3v) is 6.01. The van der Waals surface area contributed by atoms with Gasteiger partial charge in [0.25, 0.3) is 0 Å². The van der Waals surface area contributed by atoms with Gasteiger partial charge in [0.2, 0.25) is 5.95 Å². The molecule has 2 aromatic carbocycles. The zero-order valence-corrected chi connectivity index (χ0v) is 19.3. The minimum Gasteiger partial charge on any atom is -0.403 e. The van der Waals surface area contributed by atoms with Crippen LogP contribution < -0.4 is 21.7 Å². The van der Waals surface area contributed by atoms with Crippen LogP contribution in [0, 0.1) is 6.92 Å². The number of morpholine rings is 1.